The van der Waals surface area contributed by atoms with Gasteiger partial charge in [-0.15, -0.1) is 0 Å². The quantitative estimate of drug-likeness (QED) is 0.392. The number of carbonyl (C=O) groups is 1. The number of hydrogen-bond donors (Lipinski definition) is 3. The molecule has 9 heteroatoms. The number of aromatic nitrogens is 3. The molecule has 1 aromatic carbocycles. The lowest BCUT2D eigenvalue weighted by Crippen LogP contribution is -2.31. The van der Waals surface area contributed by atoms with E-state index >= 15 is 0 Å². The Morgan fingerprint density at radius 2 is 2.12 bits per heavy atom. The van der Waals surface area contributed by atoms with Gasteiger partial charge in [-0.25, -0.2) is 9.37 Å². The molecule has 1 aliphatic heterocycles. The largest absolute Gasteiger partial charge is 0.492 e. The van der Waals surface area contributed by atoms with Crippen LogP contribution in [-0.4, -0.2) is 40.6 Å². The molecule has 6 rings (SSSR count). The number of nitrogens with zero attached hydrogens (tertiary/aromatic N) is 2. The maximum atomic E-state index is 14.4. The standard InChI is InChI=1S/C25H22FN5O3/c1-3-34-18-8-7-15-20(30-18)12(9-10-27-15)22-23(28-16-6-4-5-14(26)24(16)33-2)19-21(31-22)13-11-17(13)29-25(19)32/h4-10,13,17,28,31H,3,11H2,1-2H3,(H,29,32)/t13-,17+/m1/s1. The van der Waals surface area contributed by atoms with Crippen LogP contribution in [0.15, 0.2) is 42.6 Å². The highest BCUT2D eigenvalue weighted by atomic mass is 19.1. The minimum Gasteiger partial charge on any atom is -0.492 e. The Balaban J connectivity index is 1.58. The lowest BCUT2D eigenvalue weighted by Gasteiger charge is -2.16. The van der Waals surface area contributed by atoms with E-state index in [9.17, 15) is 9.18 Å². The molecule has 172 valence electrons. The summed E-state index contributed by atoms with van der Waals surface area (Å²) in [4.78, 5) is 25.7. The SMILES string of the molecule is CCOc1ccc2nccc(-c3[nH]c4c(c3Nc3cccc(F)c3OC)C(=O)N[C@H]3C[C@@H]43)c2n1. The number of ether oxygens (including phenoxy) is 2. The van der Waals surface area contributed by atoms with E-state index in [1.165, 1.54) is 13.2 Å². The summed E-state index contributed by atoms with van der Waals surface area (Å²) in [7, 11) is 1.41. The van der Waals surface area contributed by atoms with Crippen LogP contribution in [-0.2, 0) is 0 Å². The first-order valence-corrected chi connectivity index (χ1v) is 11.1. The number of methoxy groups -OCH3 is 1. The van der Waals surface area contributed by atoms with Gasteiger partial charge in [0, 0.05) is 35.5 Å². The molecule has 1 fully saturated rings. The van der Waals surface area contributed by atoms with E-state index in [1.54, 1.807) is 24.4 Å². The van der Waals surface area contributed by atoms with Crippen LogP contribution in [0.3, 0.4) is 0 Å². The number of amides is 1. The van der Waals surface area contributed by atoms with Gasteiger partial charge in [-0.3, -0.25) is 9.78 Å². The van der Waals surface area contributed by atoms with Crippen LogP contribution in [0.25, 0.3) is 22.3 Å². The van der Waals surface area contributed by atoms with Crippen molar-refractivity contribution in [3.63, 3.8) is 0 Å². The molecule has 1 aliphatic carbocycles. The fraction of sp³-hybridized carbons (Fsp3) is 0.240. The highest BCUT2D eigenvalue weighted by molar-refractivity contribution is 6.09. The molecular formula is C25H22FN5O3. The van der Waals surface area contributed by atoms with Crippen molar-refractivity contribution >= 4 is 28.3 Å². The molecule has 0 saturated heterocycles. The Morgan fingerprint density at radius 3 is 2.94 bits per heavy atom. The molecule has 0 radical (unpaired) electrons. The summed E-state index contributed by atoms with van der Waals surface area (Å²) in [6.07, 6.45) is 2.58. The summed E-state index contributed by atoms with van der Waals surface area (Å²) in [5.41, 5.74) is 5.09. The number of para-hydroxylation sites is 1. The van der Waals surface area contributed by atoms with Crippen molar-refractivity contribution in [2.24, 2.45) is 0 Å². The number of anilines is 2. The van der Waals surface area contributed by atoms with E-state index in [1.807, 2.05) is 19.1 Å². The number of nitrogens with one attached hydrogen (secondary N) is 3. The second kappa shape index (κ2) is 7.72. The predicted molar refractivity (Wildman–Crippen MR) is 125 cm³/mol. The van der Waals surface area contributed by atoms with Crippen molar-refractivity contribution in [2.75, 3.05) is 19.0 Å². The van der Waals surface area contributed by atoms with Gasteiger partial charge in [0.1, 0.15) is 5.52 Å². The van der Waals surface area contributed by atoms with Crippen LogP contribution in [0, 0.1) is 5.82 Å². The van der Waals surface area contributed by atoms with Gasteiger partial charge in [-0.1, -0.05) is 6.07 Å². The van der Waals surface area contributed by atoms with Crippen molar-refractivity contribution in [2.45, 2.75) is 25.3 Å². The van der Waals surface area contributed by atoms with Gasteiger partial charge in [0.25, 0.3) is 5.91 Å². The molecule has 8 nitrogen and oxygen atoms in total. The molecule has 1 saturated carbocycles. The smallest absolute Gasteiger partial charge is 0.255 e. The third kappa shape index (κ3) is 3.15. The lowest BCUT2D eigenvalue weighted by atomic mass is 10.0. The second-order valence-corrected chi connectivity index (χ2v) is 8.34. The number of hydrogen-bond acceptors (Lipinski definition) is 6. The summed E-state index contributed by atoms with van der Waals surface area (Å²) in [6, 6.07) is 10.2. The molecule has 0 bridgehead atoms. The fourth-order valence-corrected chi connectivity index (χ4v) is 4.66. The molecule has 0 spiro atoms. The highest BCUT2D eigenvalue weighted by Gasteiger charge is 2.48. The third-order valence-electron chi connectivity index (χ3n) is 6.28. The van der Waals surface area contributed by atoms with Gasteiger partial charge in [-0.2, -0.15) is 0 Å². The average Bonchev–Trinajstić information content (AvgIpc) is 3.51. The van der Waals surface area contributed by atoms with Crippen molar-refractivity contribution in [1.29, 1.82) is 0 Å². The van der Waals surface area contributed by atoms with Crippen molar-refractivity contribution < 1.29 is 18.7 Å². The fourth-order valence-electron chi connectivity index (χ4n) is 4.66. The van der Waals surface area contributed by atoms with E-state index in [4.69, 9.17) is 9.47 Å². The monoisotopic (exact) mass is 459 g/mol. The number of H-pyrrole nitrogens is 1. The van der Waals surface area contributed by atoms with E-state index in [0.717, 1.165) is 17.7 Å². The number of rotatable bonds is 6. The van der Waals surface area contributed by atoms with Gasteiger partial charge < -0.3 is 25.1 Å². The zero-order chi connectivity index (χ0) is 23.4. The first kappa shape index (κ1) is 20.5. The Hall–Kier alpha value is -4.14. The van der Waals surface area contributed by atoms with Crippen LogP contribution >= 0.6 is 0 Å². The summed E-state index contributed by atoms with van der Waals surface area (Å²) in [5, 5.41) is 6.33. The van der Waals surface area contributed by atoms with Gasteiger partial charge in [0.05, 0.1) is 41.9 Å². The number of pyridine rings is 2. The van der Waals surface area contributed by atoms with Crippen LogP contribution < -0.4 is 20.1 Å². The van der Waals surface area contributed by atoms with Gasteiger partial charge in [0.2, 0.25) is 5.88 Å². The Bertz CT molecular complexity index is 1450. The van der Waals surface area contributed by atoms with E-state index < -0.39 is 5.82 Å². The molecule has 2 atom stereocenters. The summed E-state index contributed by atoms with van der Waals surface area (Å²) in [5.74, 6) is 0.108. The molecule has 3 aromatic heterocycles. The second-order valence-electron chi connectivity index (χ2n) is 8.34. The molecule has 0 unspecified atom stereocenters. The van der Waals surface area contributed by atoms with Gasteiger partial charge in [-0.05, 0) is 37.6 Å². The van der Waals surface area contributed by atoms with Crippen LogP contribution in [0.4, 0.5) is 15.8 Å². The summed E-state index contributed by atoms with van der Waals surface area (Å²) < 4.78 is 25.3. The topological polar surface area (TPSA) is 101 Å². The molecule has 2 aliphatic rings. The van der Waals surface area contributed by atoms with Gasteiger partial charge >= 0.3 is 0 Å². The average molecular weight is 459 g/mol. The number of carbonyl (C=O) groups excluding carboxylic acids is 1. The highest BCUT2D eigenvalue weighted by Crippen LogP contribution is 2.50. The normalized spacial score (nSPS) is 18.1. The molecule has 3 N–H and O–H groups in total. The molecule has 4 heterocycles. The van der Waals surface area contributed by atoms with Crippen LogP contribution in [0.2, 0.25) is 0 Å². The number of aromatic amines is 1. The number of halogens is 1. The Labute approximate surface area is 194 Å². The lowest BCUT2D eigenvalue weighted by molar-refractivity contribution is 0.0944. The van der Waals surface area contributed by atoms with Crippen molar-refractivity contribution in [3.8, 4) is 22.9 Å². The minimum absolute atomic E-state index is 0.0697. The third-order valence-corrected chi connectivity index (χ3v) is 6.28. The molecule has 4 aromatic rings. The maximum absolute atomic E-state index is 14.4. The minimum atomic E-state index is -0.498. The van der Waals surface area contributed by atoms with Crippen LogP contribution in [0.1, 0.15) is 35.3 Å². The Kier molecular flexibility index (Phi) is 4.65. The van der Waals surface area contributed by atoms with Crippen LogP contribution in [0.5, 0.6) is 11.6 Å². The molecule has 34 heavy (non-hydrogen) atoms. The van der Waals surface area contributed by atoms with Crippen molar-refractivity contribution in [3.05, 3.63) is 59.7 Å². The first-order valence-electron chi connectivity index (χ1n) is 11.1. The Morgan fingerprint density at radius 1 is 1.24 bits per heavy atom. The molecular weight excluding hydrogens is 437 g/mol. The van der Waals surface area contributed by atoms with E-state index in [2.05, 4.69) is 25.6 Å². The molecule has 1 amide bonds. The maximum Gasteiger partial charge on any atom is 0.255 e. The zero-order valence-electron chi connectivity index (χ0n) is 18.6. The van der Waals surface area contributed by atoms with Gasteiger partial charge in [0.15, 0.2) is 11.6 Å². The van der Waals surface area contributed by atoms with E-state index in [-0.39, 0.29) is 23.6 Å². The summed E-state index contributed by atoms with van der Waals surface area (Å²) in [6.45, 7) is 2.38. The van der Waals surface area contributed by atoms with E-state index in [0.29, 0.717) is 46.2 Å². The number of benzene rings is 1. The summed E-state index contributed by atoms with van der Waals surface area (Å²) >= 11 is 0. The van der Waals surface area contributed by atoms with Crippen molar-refractivity contribution in [1.82, 2.24) is 20.3 Å². The first-order chi connectivity index (χ1) is 16.6. The number of fused-ring (bicyclic) bond motifs is 4. The zero-order valence-corrected chi connectivity index (χ0v) is 18.6. The predicted octanol–water partition coefficient (Wildman–Crippen LogP) is 4.51.